The van der Waals surface area contributed by atoms with Crippen molar-refractivity contribution in [1.82, 2.24) is 4.90 Å². The third-order valence-electron chi connectivity index (χ3n) is 3.66. The molecular weight excluding hydrogens is 186 g/mol. The van der Waals surface area contributed by atoms with Gasteiger partial charge in [0.05, 0.1) is 5.92 Å². The smallest absolute Gasteiger partial charge is 0.229 e. The maximum absolute atomic E-state index is 12.2. The van der Waals surface area contributed by atoms with Gasteiger partial charge in [0.1, 0.15) is 0 Å². The Morgan fingerprint density at radius 2 is 2.13 bits per heavy atom. The molecule has 15 heavy (non-hydrogen) atoms. The van der Waals surface area contributed by atoms with Crippen LogP contribution in [0.15, 0.2) is 12.2 Å². The van der Waals surface area contributed by atoms with E-state index >= 15 is 0 Å². The number of hydrogen-bond acceptors (Lipinski definition) is 1. The highest BCUT2D eigenvalue weighted by molar-refractivity contribution is 5.81. The van der Waals surface area contributed by atoms with Crippen LogP contribution in [0.2, 0.25) is 0 Å². The number of allylic oxidation sites excluding steroid dienone is 1. The molecule has 2 aliphatic rings. The fourth-order valence-electron chi connectivity index (χ4n) is 2.66. The summed E-state index contributed by atoms with van der Waals surface area (Å²) in [6.45, 7) is 3.16. The van der Waals surface area contributed by atoms with E-state index in [2.05, 4.69) is 24.0 Å². The van der Waals surface area contributed by atoms with Gasteiger partial charge >= 0.3 is 0 Å². The first-order valence-corrected chi connectivity index (χ1v) is 6.26. The molecule has 2 nitrogen and oxygen atoms in total. The zero-order chi connectivity index (χ0) is 10.7. The van der Waals surface area contributed by atoms with E-state index in [9.17, 15) is 4.79 Å². The van der Waals surface area contributed by atoms with Crippen LogP contribution in [-0.4, -0.2) is 23.4 Å². The third kappa shape index (κ3) is 2.42. The van der Waals surface area contributed by atoms with Gasteiger partial charge in [0, 0.05) is 12.6 Å². The summed E-state index contributed by atoms with van der Waals surface area (Å²) >= 11 is 0. The van der Waals surface area contributed by atoms with E-state index in [4.69, 9.17) is 0 Å². The van der Waals surface area contributed by atoms with Crippen LogP contribution in [0, 0.1) is 5.92 Å². The number of carbonyl (C=O) groups excluding carboxylic acids is 1. The van der Waals surface area contributed by atoms with Crippen LogP contribution in [-0.2, 0) is 4.79 Å². The van der Waals surface area contributed by atoms with Crippen molar-refractivity contribution in [2.45, 2.75) is 51.5 Å². The Bertz CT molecular complexity index is 259. The first-order valence-electron chi connectivity index (χ1n) is 6.26. The summed E-state index contributed by atoms with van der Waals surface area (Å²) in [6, 6.07) is 0.460. The van der Waals surface area contributed by atoms with Crippen molar-refractivity contribution in [1.29, 1.82) is 0 Å². The van der Waals surface area contributed by atoms with Gasteiger partial charge in [-0.3, -0.25) is 4.79 Å². The molecule has 0 aromatic heterocycles. The fraction of sp³-hybridized carbons (Fsp3) is 0.769. The number of carbonyl (C=O) groups is 1. The zero-order valence-corrected chi connectivity index (χ0v) is 9.61. The second-order valence-corrected chi connectivity index (χ2v) is 4.84. The van der Waals surface area contributed by atoms with Crippen molar-refractivity contribution < 1.29 is 4.79 Å². The lowest BCUT2D eigenvalue weighted by Gasteiger charge is -2.35. The maximum atomic E-state index is 12.2. The predicted octanol–water partition coefficient (Wildman–Crippen LogP) is 2.74. The molecule has 2 rings (SSSR count). The number of nitrogens with zero attached hydrogens (tertiary/aromatic N) is 1. The van der Waals surface area contributed by atoms with E-state index in [0.717, 1.165) is 19.4 Å². The van der Waals surface area contributed by atoms with Crippen LogP contribution in [0.25, 0.3) is 0 Å². The number of piperidine rings is 1. The van der Waals surface area contributed by atoms with Crippen molar-refractivity contribution in [3.8, 4) is 0 Å². The summed E-state index contributed by atoms with van der Waals surface area (Å²) < 4.78 is 0. The van der Waals surface area contributed by atoms with E-state index < -0.39 is 0 Å². The molecule has 0 spiro atoms. The molecule has 1 aliphatic heterocycles. The lowest BCUT2D eigenvalue weighted by atomic mass is 9.92. The Balaban J connectivity index is 1.99. The molecular formula is C13H21NO. The summed E-state index contributed by atoms with van der Waals surface area (Å²) in [6.07, 6.45) is 11.3. The van der Waals surface area contributed by atoms with E-state index in [1.807, 2.05) is 0 Å². The molecule has 0 aromatic rings. The lowest BCUT2D eigenvalue weighted by Crippen LogP contribution is -2.44. The van der Waals surface area contributed by atoms with Gasteiger partial charge in [-0.1, -0.05) is 12.2 Å². The molecule has 2 heteroatoms. The van der Waals surface area contributed by atoms with Gasteiger partial charge in [0.15, 0.2) is 0 Å². The summed E-state index contributed by atoms with van der Waals surface area (Å²) in [5.41, 5.74) is 0. The molecule has 2 atom stereocenters. The standard InChI is InChI=1S/C13H21NO/c1-11-7-5-6-10-14(11)13(15)12-8-3-2-4-9-12/h3,8,11-12H,2,4-7,9-10H2,1H3. The van der Waals surface area contributed by atoms with Crippen LogP contribution in [0.4, 0.5) is 0 Å². The van der Waals surface area contributed by atoms with Gasteiger partial charge < -0.3 is 4.90 Å². The van der Waals surface area contributed by atoms with Crippen molar-refractivity contribution >= 4 is 5.91 Å². The molecule has 0 N–H and O–H groups in total. The van der Waals surface area contributed by atoms with Crippen molar-refractivity contribution in [3.05, 3.63) is 12.2 Å². The number of amides is 1. The molecule has 1 amide bonds. The lowest BCUT2D eigenvalue weighted by molar-refractivity contribution is -0.137. The minimum atomic E-state index is 0.180. The molecule has 84 valence electrons. The quantitative estimate of drug-likeness (QED) is 0.605. The van der Waals surface area contributed by atoms with Crippen LogP contribution in [0.5, 0.6) is 0 Å². The Morgan fingerprint density at radius 3 is 2.80 bits per heavy atom. The topological polar surface area (TPSA) is 20.3 Å². The summed E-state index contributed by atoms with van der Waals surface area (Å²) in [7, 11) is 0. The second-order valence-electron chi connectivity index (χ2n) is 4.84. The van der Waals surface area contributed by atoms with Crippen molar-refractivity contribution in [2.75, 3.05) is 6.54 Å². The van der Waals surface area contributed by atoms with E-state index in [-0.39, 0.29) is 5.92 Å². The summed E-state index contributed by atoms with van der Waals surface area (Å²) in [4.78, 5) is 14.3. The Hall–Kier alpha value is -0.790. The van der Waals surface area contributed by atoms with Crippen LogP contribution in [0.3, 0.4) is 0 Å². The molecule has 1 saturated heterocycles. The van der Waals surface area contributed by atoms with Gasteiger partial charge in [-0.25, -0.2) is 0 Å². The Labute approximate surface area is 92.3 Å². The average Bonchev–Trinajstić information content (AvgIpc) is 2.30. The highest BCUT2D eigenvalue weighted by Crippen LogP contribution is 2.24. The van der Waals surface area contributed by atoms with E-state index in [1.165, 1.54) is 25.7 Å². The first kappa shape index (κ1) is 10.7. The molecule has 1 heterocycles. The average molecular weight is 207 g/mol. The maximum Gasteiger partial charge on any atom is 0.229 e. The minimum absolute atomic E-state index is 0.180. The number of hydrogen-bond donors (Lipinski definition) is 0. The van der Waals surface area contributed by atoms with E-state index in [0.29, 0.717) is 11.9 Å². The van der Waals surface area contributed by atoms with Crippen LogP contribution < -0.4 is 0 Å². The highest BCUT2D eigenvalue weighted by atomic mass is 16.2. The van der Waals surface area contributed by atoms with Crippen molar-refractivity contribution in [2.24, 2.45) is 5.92 Å². The van der Waals surface area contributed by atoms with Crippen LogP contribution >= 0.6 is 0 Å². The van der Waals surface area contributed by atoms with Gasteiger partial charge in [0.25, 0.3) is 0 Å². The molecule has 0 bridgehead atoms. The number of rotatable bonds is 1. The first-order chi connectivity index (χ1) is 7.29. The molecule has 2 unspecified atom stereocenters. The highest BCUT2D eigenvalue weighted by Gasteiger charge is 2.28. The van der Waals surface area contributed by atoms with E-state index in [1.54, 1.807) is 0 Å². The molecule has 0 aromatic carbocycles. The Morgan fingerprint density at radius 1 is 1.27 bits per heavy atom. The zero-order valence-electron chi connectivity index (χ0n) is 9.61. The molecule has 0 saturated carbocycles. The summed E-state index contributed by atoms with van der Waals surface area (Å²) in [5, 5.41) is 0. The molecule has 1 fully saturated rings. The van der Waals surface area contributed by atoms with Crippen molar-refractivity contribution in [3.63, 3.8) is 0 Å². The monoisotopic (exact) mass is 207 g/mol. The largest absolute Gasteiger partial charge is 0.339 e. The third-order valence-corrected chi connectivity index (χ3v) is 3.66. The van der Waals surface area contributed by atoms with Gasteiger partial charge in [-0.15, -0.1) is 0 Å². The molecule has 1 aliphatic carbocycles. The summed E-state index contributed by atoms with van der Waals surface area (Å²) in [5.74, 6) is 0.553. The SMILES string of the molecule is CC1CCCCN1C(=O)C1C=CCCC1. The fourth-order valence-corrected chi connectivity index (χ4v) is 2.66. The predicted molar refractivity (Wildman–Crippen MR) is 61.5 cm³/mol. The Kier molecular flexibility index (Phi) is 3.45. The van der Waals surface area contributed by atoms with Crippen LogP contribution in [0.1, 0.15) is 45.4 Å². The van der Waals surface area contributed by atoms with Gasteiger partial charge in [0.2, 0.25) is 5.91 Å². The van der Waals surface area contributed by atoms with Gasteiger partial charge in [-0.2, -0.15) is 0 Å². The normalized spacial score (nSPS) is 31.7. The number of likely N-dealkylation sites (tertiary alicyclic amines) is 1. The van der Waals surface area contributed by atoms with Gasteiger partial charge in [-0.05, 0) is 45.4 Å². The second kappa shape index (κ2) is 4.82. The minimum Gasteiger partial charge on any atom is -0.339 e. The molecule has 0 radical (unpaired) electrons.